The van der Waals surface area contributed by atoms with E-state index < -0.39 is 0 Å². The number of rotatable bonds is 6. The van der Waals surface area contributed by atoms with Gasteiger partial charge in [0.25, 0.3) is 0 Å². The van der Waals surface area contributed by atoms with Crippen molar-refractivity contribution in [3.8, 4) is 16.9 Å². The predicted molar refractivity (Wildman–Crippen MR) is 123 cm³/mol. The number of amides is 1. The Bertz CT molecular complexity index is 1220. The first-order chi connectivity index (χ1) is 15.5. The summed E-state index contributed by atoms with van der Waals surface area (Å²) in [5, 5.41) is 4.73. The van der Waals surface area contributed by atoms with Gasteiger partial charge in [0, 0.05) is 42.8 Å². The van der Waals surface area contributed by atoms with Gasteiger partial charge in [-0.1, -0.05) is 30.3 Å². The molecule has 4 aromatic rings. The highest BCUT2D eigenvalue weighted by Crippen LogP contribution is 2.25. The predicted octanol–water partition coefficient (Wildman–Crippen LogP) is 5.31. The van der Waals surface area contributed by atoms with Crippen molar-refractivity contribution in [2.45, 2.75) is 13.0 Å². The molecular weight excluding hydrogens is 403 g/mol. The van der Waals surface area contributed by atoms with Crippen LogP contribution in [0.1, 0.15) is 24.1 Å². The molecule has 4 rings (SSSR count). The standard InChI is InChI=1S/C26H23FN4O/c1-19(20-10-13-23(27)14-11-20)30(2)25(32)15-12-22-18-31(24-8-4-3-5-9-24)29-26(22)21-7-6-16-28-17-21/h3-19H,1-2H3/b15-12+. The summed E-state index contributed by atoms with van der Waals surface area (Å²) in [5.41, 5.74) is 4.19. The van der Waals surface area contributed by atoms with Crippen molar-refractivity contribution in [3.05, 3.63) is 108 Å². The van der Waals surface area contributed by atoms with Crippen LogP contribution in [-0.2, 0) is 4.79 Å². The first-order valence-corrected chi connectivity index (χ1v) is 10.3. The largest absolute Gasteiger partial charge is 0.335 e. The summed E-state index contributed by atoms with van der Waals surface area (Å²) in [7, 11) is 1.73. The lowest BCUT2D eigenvalue weighted by Gasteiger charge is -2.24. The molecule has 0 aliphatic rings. The monoisotopic (exact) mass is 426 g/mol. The fraction of sp³-hybridized carbons (Fsp3) is 0.115. The summed E-state index contributed by atoms with van der Waals surface area (Å²) in [6, 6.07) is 19.6. The number of nitrogens with zero attached hydrogens (tertiary/aromatic N) is 4. The van der Waals surface area contributed by atoms with Crippen LogP contribution in [-0.4, -0.2) is 32.6 Å². The van der Waals surface area contributed by atoms with Crippen LogP contribution >= 0.6 is 0 Å². The fourth-order valence-corrected chi connectivity index (χ4v) is 3.38. The highest BCUT2D eigenvalue weighted by Gasteiger charge is 2.16. The molecule has 0 radical (unpaired) electrons. The molecule has 1 atom stereocenters. The molecule has 2 heterocycles. The molecule has 1 unspecified atom stereocenters. The lowest BCUT2D eigenvalue weighted by molar-refractivity contribution is -0.126. The Kier molecular flexibility index (Phi) is 6.22. The topological polar surface area (TPSA) is 51.0 Å². The summed E-state index contributed by atoms with van der Waals surface area (Å²) in [6.45, 7) is 1.91. The van der Waals surface area contributed by atoms with Gasteiger partial charge >= 0.3 is 0 Å². The van der Waals surface area contributed by atoms with Crippen LogP contribution in [0.4, 0.5) is 4.39 Å². The number of benzene rings is 2. The zero-order valence-corrected chi connectivity index (χ0v) is 17.9. The number of carbonyl (C=O) groups is 1. The van der Waals surface area contributed by atoms with Crippen molar-refractivity contribution >= 4 is 12.0 Å². The number of halogens is 1. The SMILES string of the molecule is CC(c1ccc(F)cc1)N(C)C(=O)/C=C/c1cn(-c2ccccc2)nc1-c1cccnc1. The summed E-state index contributed by atoms with van der Waals surface area (Å²) >= 11 is 0. The third-order valence-electron chi connectivity index (χ3n) is 5.38. The van der Waals surface area contributed by atoms with E-state index in [0.29, 0.717) is 0 Å². The van der Waals surface area contributed by atoms with Crippen LogP contribution in [0.2, 0.25) is 0 Å². The van der Waals surface area contributed by atoms with Gasteiger partial charge < -0.3 is 4.90 Å². The van der Waals surface area contributed by atoms with Gasteiger partial charge in [-0.3, -0.25) is 9.78 Å². The molecule has 2 aromatic heterocycles. The molecule has 5 nitrogen and oxygen atoms in total. The second-order valence-corrected chi connectivity index (χ2v) is 7.46. The van der Waals surface area contributed by atoms with E-state index in [4.69, 9.17) is 5.10 Å². The number of hydrogen-bond acceptors (Lipinski definition) is 3. The average Bonchev–Trinajstić information content (AvgIpc) is 3.27. The Labute approximate surface area is 186 Å². The maximum Gasteiger partial charge on any atom is 0.246 e. The molecule has 6 heteroatoms. The van der Waals surface area contributed by atoms with Crippen molar-refractivity contribution in [2.75, 3.05) is 7.05 Å². The van der Waals surface area contributed by atoms with Crippen molar-refractivity contribution < 1.29 is 9.18 Å². The van der Waals surface area contributed by atoms with Crippen molar-refractivity contribution in [1.82, 2.24) is 19.7 Å². The minimum Gasteiger partial charge on any atom is -0.335 e. The molecule has 0 fully saturated rings. The highest BCUT2D eigenvalue weighted by molar-refractivity contribution is 5.93. The van der Waals surface area contributed by atoms with Gasteiger partial charge in [0.1, 0.15) is 11.5 Å². The lowest BCUT2D eigenvalue weighted by Crippen LogP contribution is -2.27. The van der Waals surface area contributed by atoms with Crippen LogP contribution in [0.25, 0.3) is 23.0 Å². The van der Waals surface area contributed by atoms with Crippen molar-refractivity contribution in [3.63, 3.8) is 0 Å². The Hall–Kier alpha value is -4.06. The average molecular weight is 426 g/mol. The summed E-state index contributed by atoms with van der Waals surface area (Å²) < 4.78 is 15.0. The molecule has 32 heavy (non-hydrogen) atoms. The lowest BCUT2D eigenvalue weighted by atomic mass is 10.1. The zero-order valence-electron chi connectivity index (χ0n) is 17.9. The molecule has 0 bridgehead atoms. The third-order valence-corrected chi connectivity index (χ3v) is 5.38. The summed E-state index contributed by atoms with van der Waals surface area (Å²) in [4.78, 5) is 18.7. The minimum atomic E-state index is -0.298. The van der Waals surface area contributed by atoms with E-state index in [9.17, 15) is 9.18 Å². The summed E-state index contributed by atoms with van der Waals surface area (Å²) in [6.07, 6.45) is 8.66. The normalized spacial score (nSPS) is 12.1. The Morgan fingerprint density at radius 3 is 2.50 bits per heavy atom. The van der Waals surface area contributed by atoms with E-state index in [2.05, 4.69) is 4.98 Å². The molecule has 0 aliphatic heterocycles. The Balaban J connectivity index is 1.61. The fourth-order valence-electron chi connectivity index (χ4n) is 3.38. The minimum absolute atomic E-state index is 0.161. The van der Waals surface area contributed by atoms with Crippen LogP contribution in [0.15, 0.2) is 91.4 Å². The van der Waals surface area contributed by atoms with Gasteiger partial charge in [-0.05, 0) is 55.0 Å². The molecule has 0 spiro atoms. The first kappa shape index (κ1) is 21.2. The van der Waals surface area contributed by atoms with E-state index in [1.54, 1.807) is 47.2 Å². The molecule has 0 aliphatic carbocycles. The van der Waals surface area contributed by atoms with E-state index in [1.165, 1.54) is 18.2 Å². The van der Waals surface area contributed by atoms with E-state index in [1.807, 2.05) is 55.6 Å². The smallest absolute Gasteiger partial charge is 0.246 e. The molecular formula is C26H23FN4O. The van der Waals surface area contributed by atoms with Gasteiger partial charge in [-0.2, -0.15) is 5.10 Å². The molecule has 160 valence electrons. The molecule has 0 N–H and O–H groups in total. The molecule has 0 saturated heterocycles. The second kappa shape index (κ2) is 9.39. The number of carbonyl (C=O) groups excluding carboxylic acids is 1. The Morgan fingerprint density at radius 1 is 1.06 bits per heavy atom. The molecule has 1 amide bonds. The van der Waals surface area contributed by atoms with Gasteiger partial charge in [-0.15, -0.1) is 0 Å². The van der Waals surface area contributed by atoms with Crippen LogP contribution < -0.4 is 0 Å². The number of likely N-dealkylation sites (N-methyl/N-ethyl adjacent to an activating group) is 1. The van der Waals surface area contributed by atoms with Gasteiger partial charge in [0.15, 0.2) is 0 Å². The van der Waals surface area contributed by atoms with E-state index in [-0.39, 0.29) is 17.8 Å². The van der Waals surface area contributed by atoms with Crippen molar-refractivity contribution in [1.29, 1.82) is 0 Å². The van der Waals surface area contributed by atoms with Crippen LogP contribution in [0, 0.1) is 5.82 Å². The highest BCUT2D eigenvalue weighted by atomic mass is 19.1. The van der Waals surface area contributed by atoms with Crippen molar-refractivity contribution in [2.24, 2.45) is 0 Å². The quantitative estimate of drug-likeness (QED) is 0.393. The Morgan fingerprint density at radius 2 is 1.81 bits per heavy atom. The number of aromatic nitrogens is 3. The van der Waals surface area contributed by atoms with E-state index >= 15 is 0 Å². The molecule has 0 saturated carbocycles. The molecule has 2 aromatic carbocycles. The van der Waals surface area contributed by atoms with Gasteiger partial charge in [0.2, 0.25) is 5.91 Å². The van der Waals surface area contributed by atoms with Crippen LogP contribution in [0.5, 0.6) is 0 Å². The van der Waals surface area contributed by atoms with Crippen LogP contribution in [0.3, 0.4) is 0 Å². The van der Waals surface area contributed by atoms with Gasteiger partial charge in [0.05, 0.1) is 11.7 Å². The number of pyridine rings is 1. The van der Waals surface area contributed by atoms with Gasteiger partial charge in [-0.25, -0.2) is 9.07 Å². The number of para-hydroxylation sites is 1. The van der Waals surface area contributed by atoms with E-state index in [0.717, 1.165) is 28.1 Å². The second-order valence-electron chi connectivity index (χ2n) is 7.46. The maximum absolute atomic E-state index is 13.2. The zero-order chi connectivity index (χ0) is 22.5. The maximum atomic E-state index is 13.2. The third kappa shape index (κ3) is 4.64. The number of hydrogen-bond donors (Lipinski definition) is 0. The summed E-state index contributed by atoms with van der Waals surface area (Å²) in [5.74, 6) is -0.459. The first-order valence-electron chi connectivity index (χ1n) is 10.3.